The third-order valence-electron chi connectivity index (χ3n) is 6.09. The first-order valence-corrected chi connectivity index (χ1v) is 12.1. The highest BCUT2D eigenvalue weighted by molar-refractivity contribution is 5.98. The van der Waals surface area contributed by atoms with E-state index in [4.69, 9.17) is 9.40 Å². The lowest BCUT2D eigenvalue weighted by Crippen LogP contribution is -2.19. The van der Waals surface area contributed by atoms with E-state index in [1.54, 1.807) is 43.2 Å². The van der Waals surface area contributed by atoms with E-state index in [1.807, 2.05) is 32.9 Å². The van der Waals surface area contributed by atoms with Crippen LogP contribution < -0.4 is 5.32 Å². The van der Waals surface area contributed by atoms with Crippen molar-refractivity contribution in [2.75, 3.05) is 5.32 Å². The maximum absolute atomic E-state index is 15.2. The summed E-state index contributed by atoms with van der Waals surface area (Å²) in [5.41, 5.74) is 5.22. The van der Waals surface area contributed by atoms with E-state index in [-0.39, 0.29) is 11.3 Å². The molecule has 0 aliphatic heterocycles. The van der Waals surface area contributed by atoms with Gasteiger partial charge in [-0.25, -0.2) is 9.37 Å². The number of hydrogen-bond acceptors (Lipinski definition) is 6. The van der Waals surface area contributed by atoms with Crippen LogP contribution in [0.1, 0.15) is 27.2 Å². The van der Waals surface area contributed by atoms with Crippen LogP contribution in [0.15, 0.2) is 65.9 Å². The molecule has 38 heavy (non-hydrogen) atoms. The average Bonchev–Trinajstić information content (AvgIpc) is 3.61. The summed E-state index contributed by atoms with van der Waals surface area (Å²) in [4.78, 5) is 29.2. The molecule has 3 N–H and O–H groups in total. The number of aromatic nitrogens is 6. The molecule has 0 unspecified atom stereocenters. The molecule has 0 aliphatic rings. The number of furan rings is 1. The molecular formula is C28H24FN7O2. The molecular weight excluding hydrogens is 485 g/mol. The van der Waals surface area contributed by atoms with E-state index in [0.29, 0.717) is 56.9 Å². The summed E-state index contributed by atoms with van der Waals surface area (Å²) < 4.78 is 20.4. The summed E-state index contributed by atoms with van der Waals surface area (Å²) in [5, 5.41) is 10.9. The Hall–Kier alpha value is -4.86. The second-order valence-corrected chi connectivity index (χ2v) is 10.4. The number of hydrogen-bond donors (Lipinski definition) is 3. The lowest BCUT2D eigenvalue weighted by molar-refractivity contribution is -0.117. The molecule has 0 fully saturated rings. The molecule has 0 atom stereocenters. The Labute approximate surface area is 216 Å². The highest BCUT2D eigenvalue weighted by Crippen LogP contribution is 2.34. The molecule has 190 valence electrons. The molecule has 0 spiro atoms. The van der Waals surface area contributed by atoms with Crippen LogP contribution in [0.25, 0.3) is 55.8 Å². The fourth-order valence-electron chi connectivity index (χ4n) is 4.44. The van der Waals surface area contributed by atoms with E-state index < -0.39 is 5.82 Å². The van der Waals surface area contributed by atoms with Crippen LogP contribution in [0.3, 0.4) is 0 Å². The molecule has 1 amide bonds. The van der Waals surface area contributed by atoms with Gasteiger partial charge in [0, 0.05) is 47.0 Å². The molecule has 10 heteroatoms. The number of imidazole rings is 1. The number of carbonyl (C=O) groups excluding carboxylic acids is 1. The topological polar surface area (TPSA) is 125 Å². The number of amides is 1. The van der Waals surface area contributed by atoms with Gasteiger partial charge in [0.25, 0.3) is 0 Å². The van der Waals surface area contributed by atoms with E-state index >= 15 is 4.39 Å². The van der Waals surface area contributed by atoms with Crippen molar-refractivity contribution in [1.82, 2.24) is 30.1 Å². The average molecular weight is 510 g/mol. The van der Waals surface area contributed by atoms with Crippen molar-refractivity contribution in [3.05, 3.63) is 67.3 Å². The van der Waals surface area contributed by atoms with Crippen LogP contribution >= 0.6 is 0 Å². The second-order valence-electron chi connectivity index (χ2n) is 10.4. The minimum Gasteiger partial charge on any atom is -0.472 e. The van der Waals surface area contributed by atoms with Crippen LogP contribution in [-0.2, 0) is 4.79 Å². The number of nitrogens with one attached hydrogen (secondary N) is 3. The Bertz CT molecular complexity index is 1800. The molecule has 5 aromatic heterocycles. The van der Waals surface area contributed by atoms with Crippen molar-refractivity contribution in [3.63, 3.8) is 0 Å². The number of nitrogens with zero attached hydrogens (tertiary/aromatic N) is 4. The molecule has 0 saturated heterocycles. The monoisotopic (exact) mass is 509 g/mol. The zero-order valence-electron chi connectivity index (χ0n) is 21.0. The summed E-state index contributed by atoms with van der Waals surface area (Å²) in [5.74, 6) is -0.0507. The Morgan fingerprint density at radius 1 is 1.08 bits per heavy atom. The van der Waals surface area contributed by atoms with Gasteiger partial charge in [-0.2, -0.15) is 5.10 Å². The first-order valence-electron chi connectivity index (χ1n) is 12.1. The number of fused-ring (bicyclic) bond motifs is 2. The molecule has 9 nitrogen and oxygen atoms in total. The fourth-order valence-corrected chi connectivity index (χ4v) is 4.44. The van der Waals surface area contributed by atoms with Gasteiger partial charge < -0.3 is 14.7 Å². The summed E-state index contributed by atoms with van der Waals surface area (Å²) in [7, 11) is 0. The van der Waals surface area contributed by atoms with Crippen molar-refractivity contribution in [3.8, 4) is 33.9 Å². The van der Waals surface area contributed by atoms with Gasteiger partial charge in [-0.15, -0.1) is 0 Å². The molecule has 1 aromatic carbocycles. The molecule has 6 aromatic rings. The van der Waals surface area contributed by atoms with Gasteiger partial charge in [-0.1, -0.05) is 20.8 Å². The predicted octanol–water partition coefficient (Wildman–Crippen LogP) is 6.34. The lowest BCUT2D eigenvalue weighted by atomic mass is 9.92. The summed E-state index contributed by atoms with van der Waals surface area (Å²) in [6, 6.07) is 8.47. The highest BCUT2D eigenvalue weighted by Gasteiger charge is 2.19. The molecule has 0 aliphatic carbocycles. The number of aromatic amines is 2. The van der Waals surface area contributed by atoms with E-state index in [9.17, 15) is 4.79 Å². The Balaban J connectivity index is 1.39. The van der Waals surface area contributed by atoms with Crippen LogP contribution in [0.4, 0.5) is 10.1 Å². The normalized spacial score (nSPS) is 11.9. The van der Waals surface area contributed by atoms with Crippen molar-refractivity contribution in [2.24, 2.45) is 5.41 Å². The molecule has 6 rings (SSSR count). The summed E-state index contributed by atoms with van der Waals surface area (Å²) in [6.07, 6.45) is 8.36. The Morgan fingerprint density at radius 3 is 2.74 bits per heavy atom. The van der Waals surface area contributed by atoms with E-state index in [1.165, 1.54) is 6.07 Å². The van der Waals surface area contributed by atoms with Crippen LogP contribution in [0, 0.1) is 11.2 Å². The maximum atomic E-state index is 15.2. The van der Waals surface area contributed by atoms with Crippen LogP contribution in [0.5, 0.6) is 0 Å². The highest BCUT2D eigenvalue weighted by atomic mass is 19.1. The van der Waals surface area contributed by atoms with Crippen LogP contribution in [0.2, 0.25) is 0 Å². The maximum Gasteiger partial charge on any atom is 0.224 e. The number of halogens is 1. The molecule has 0 saturated carbocycles. The Kier molecular flexibility index (Phi) is 5.52. The van der Waals surface area contributed by atoms with Gasteiger partial charge in [-0.3, -0.25) is 19.9 Å². The van der Waals surface area contributed by atoms with Gasteiger partial charge in [0.1, 0.15) is 22.7 Å². The quantitative estimate of drug-likeness (QED) is 0.249. The second kappa shape index (κ2) is 8.91. The first kappa shape index (κ1) is 23.5. The summed E-state index contributed by atoms with van der Waals surface area (Å²) in [6.45, 7) is 5.97. The van der Waals surface area contributed by atoms with Gasteiger partial charge >= 0.3 is 0 Å². The van der Waals surface area contributed by atoms with Crippen molar-refractivity contribution >= 4 is 33.5 Å². The van der Waals surface area contributed by atoms with Crippen LogP contribution in [-0.4, -0.2) is 36.0 Å². The van der Waals surface area contributed by atoms with E-state index in [2.05, 4.69) is 30.5 Å². The number of rotatable bonds is 5. The van der Waals surface area contributed by atoms with Gasteiger partial charge in [0.05, 0.1) is 35.4 Å². The minimum atomic E-state index is -0.441. The van der Waals surface area contributed by atoms with Crippen molar-refractivity contribution in [1.29, 1.82) is 0 Å². The standard InChI is InChI=1S/C28H24FN7O2/c1-28(2,3)11-23(37)32-17-8-16(12-30-13-17)18-9-19-22(10-20(18)29)35-36-25(19)27-33-21-4-6-31-24(26(21)34-27)15-5-7-38-14-15/h4-10,12-14H,11H2,1-3H3,(H,32,37)(H,33,34)(H,35,36). The number of anilines is 1. The first-order chi connectivity index (χ1) is 18.2. The third kappa shape index (κ3) is 4.40. The lowest BCUT2D eigenvalue weighted by Gasteiger charge is -2.17. The number of carbonyl (C=O) groups is 1. The summed E-state index contributed by atoms with van der Waals surface area (Å²) >= 11 is 0. The zero-order valence-corrected chi connectivity index (χ0v) is 21.0. The smallest absolute Gasteiger partial charge is 0.224 e. The van der Waals surface area contributed by atoms with Gasteiger partial charge in [-0.05, 0) is 29.7 Å². The van der Waals surface area contributed by atoms with Gasteiger partial charge in [0.2, 0.25) is 5.91 Å². The van der Waals surface area contributed by atoms with Crippen molar-refractivity contribution in [2.45, 2.75) is 27.2 Å². The zero-order chi connectivity index (χ0) is 26.4. The van der Waals surface area contributed by atoms with Gasteiger partial charge in [0.15, 0.2) is 5.82 Å². The minimum absolute atomic E-state index is 0.126. The largest absolute Gasteiger partial charge is 0.472 e. The third-order valence-corrected chi connectivity index (χ3v) is 6.09. The fraction of sp³-hybridized carbons (Fsp3) is 0.179. The predicted molar refractivity (Wildman–Crippen MR) is 143 cm³/mol. The van der Waals surface area contributed by atoms with E-state index in [0.717, 1.165) is 11.1 Å². The number of H-pyrrole nitrogens is 2. The molecule has 0 radical (unpaired) electrons. The number of benzene rings is 1. The Morgan fingerprint density at radius 2 is 1.95 bits per heavy atom. The van der Waals surface area contributed by atoms with Crippen molar-refractivity contribution < 1.29 is 13.6 Å². The number of pyridine rings is 2. The molecule has 0 bridgehead atoms. The SMILES string of the molecule is CC(C)(C)CC(=O)Nc1cncc(-c2cc3c(-c4nc5c(-c6ccoc6)nccc5[nH]4)n[nH]c3cc2F)c1. The molecule has 5 heterocycles.